The van der Waals surface area contributed by atoms with Crippen molar-refractivity contribution in [3.05, 3.63) is 69.9 Å². The molecular weight excluding hydrogens is 384 g/mol. The standard InChI is InChI=1S/C18H18N4O5S/c1-12-10-16(8-9-17(12)27-3)28(25,26)20-18-11-13(2)19-21(18)14-4-6-15(7-5-14)22(23)24/h4-11,20H,1-3H3. The molecule has 2 aromatic carbocycles. The van der Waals surface area contributed by atoms with Crippen LogP contribution in [0.3, 0.4) is 0 Å². The average Bonchev–Trinajstić information content (AvgIpc) is 3.01. The summed E-state index contributed by atoms with van der Waals surface area (Å²) in [6.07, 6.45) is 0. The molecule has 9 nitrogen and oxygen atoms in total. The fraction of sp³-hybridized carbons (Fsp3) is 0.167. The number of methoxy groups -OCH3 is 1. The van der Waals surface area contributed by atoms with Gasteiger partial charge in [0.2, 0.25) is 0 Å². The van der Waals surface area contributed by atoms with Crippen LogP contribution in [-0.2, 0) is 10.0 Å². The van der Waals surface area contributed by atoms with E-state index in [2.05, 4.69) is 9.82 Å². The molecule has 10 heteroatoms. The van der Waals surface area contributed by atoms with E-state index in [9.17, 15) is 18.5 Å². The third-order valence-electron chi connectivity index (χ3n) is 4.05. The second-order valence-corrected chi connectivity index (χ2v) is 7.78. The van der Waals surface area contributed by atoms with Crippen LogP contribution in [0.1, 0.15) is 11.3 Å². The maximum atomic E-state index is 12.8. The monoisotopic (exact) mass is 402 g/mol. The van der Waals surface area contributed by atoms with Crippen LogP contribution in [-0.4, -0.2) is 30.2 Å². The van der Waals surface area contributed by atoms with E-state index in [0.29, 0.717) is 22.7 Å². The summed E-state index contributed by atoms with van der Waals surface area (Å²) >= 11 is 0. The number of nitro groups is 1. The zero-order chi connectivity index (χ0) is 20.5. The van der Waals surface area contributed by atoms with Gasteiger partial charge in [0.1, 0.15) is 11.6 Å². The number of aryl methyl sites for hydroxylation is 2. The third-order valence-corrected chi connectivity index (χ3v) is 5.40. The van der Waals surface area contributed by atoms with Gasteiger partial charge in [0.25, 0.3) is 15.7 Å². The van der Waals surface area contributed by atoms with E-state index in [1.165, 1.54) is 48.2 Å². The number of nitrogens with zero attached hydrogens (tertiary/aromatic N) is 3. The highest BCUT2D eigenvalue weighted by Crippen LogP contribution is 2.25. The molecule has 0 aliphatic heterocycles. The van der Waals surface area contributed by atoms with Gasteiger partial charge in [0, 0.05) is 18.2 Å². The van der Waals surface area contributed by atoms with Crippen LogP contribution in [0.4, 0.5) is 11.5 Å². The van der Waals surface area contributed by atoms with E-state index in [0.717, 1.165) is 0 Å². The number of aromatic nitrogens is 2. The number of anilines is 1. The summed E-state index contributed by atoms with van der Waals surface area (Å²) in [6, 6.07) is 11.8. The Labute approximate surface area is 161 Å². The van der Waals surface area contributed by atoms with Gasteiger partial charge in [-0.2, -0.15) is 5.10 Å². The topological polar surface area (TPSA) is 116 Å². The Kier molecular flexibility index (Phi) is 5.06. The second-order valence-electron chi connectivity index (χ2n) is 6.09. The van der Waals surface area contributed by atoms with Crippen molar-refractivity contribution in [1.29, 1.82) is 0 Å². The number of ether oxygens (including phenoxy) is 1. The fourth-order valence-electron chi connectivity index (χ4n) is 2.70. The lowest BCUT2D eigenvalue weighted by Gasteiger charge is -2.12. The van der Waals surface area contributed by atoms with Gasteiger partial charge in [0.05, 0.1) is 28.3 Å². The molecule has 0 aliphatic carbocycles. The van der Waals surface area contributed by atoms with Gasteiger partial charge >= 0.3 is 0 Å². The minimum Gasteiger partial charge on any atom is -0.496 e. The van der Waals surface area contributed by atoms with Crippen LogP contribution in [0.5, 0.6) is 5.75 Å². The molecule has 0 amide bonds. The summed E-state index contributed by atoms with van der Waals surface area (Å²) in [5.41, 5.74) is 1.69. The van der Waals surface area contributed by atoms with E-state index >= 15 is 0 Å². The number of sulfonamides is 1. The SMILES string of the molecule is COc1ccc(S(=O)(=O)Nc2cc(C)nn2-c2ccc([N+](=O)[O-])cc2)cc1C. The minimum absolute atomic E-state index is 0.0662. The Morgan fingerprint density at radius 3 is 2.36 bits per heavy atom. The number of hydrogen-bond acceptors (Lipinski definition) is 6. The van der Waals surface area contributed by atoms with Crippen LogP contribution < -0.4 is 9.46 Å². The highest BCUT2D eigenvalue weighted by Gasteiger charge is 2.19. The largest absolute Gasteiger partial charge is 0.496 e. The van der Waals surface area contributed by atoms with Crippen LogP contribution in [0, 0.1) is 24.0 Å². The zero-order valence-corrected chi connectivity index (χ0v) is 16.2. The van der Waals surface area contributed by atoms with Crippen LogP contribution in [0.2, 0.25) is 0 Å². The van der Waals surface area contributed by atoms with Gasteiger partial charge in [-0.25, -0.2) is 13.1 Å². The van der Waals surface area contributed by atoms with E-state index < -0.39 is 14.9 Å². The van der Waals surface area contributed by atoms with E-state index in [-0.39, 0.29) is 16.4 Å². The first-order valence-corrected chi connectivity index (χ1v) is 9.68. The fourth-order valence-corrected chi connectivity index (χ4v) is 3.82. The number of benzene rings is 2. The molecule has 1 aromatic heterocycles. The molecule has 0 radical (unpaired) electrons. The molecule has 0 aliphatic rings. The lowest BCUT2D eigenvalue weighted by atomic mass is 10.2. The molecular formula is C18H18N4O5S. The van der Waals surface area contributed by atoms with Gasteiger partial charge in [-0.05, 0) is 49.7 Å². The molecule has 0 atom stereocenters. The third kappa shape index (κ3) is 3.81. The van der Waals surface area contributed by atoms with Crippen molar-refractivity contribution in [1.82, 2.24) is 9.78 Å². The van der Waals surface area contributed by atoms with Crippen molar-refractivity contribution in [3.63, 3.8) is 0 Å². The summed E-state index contributed by atoms with van der Waals surface area (Å²) in [5, 5.41) is 15.1. The molecule has 3 rings (SSSR count). The van der Waals surface area contributed by atoms with Crippen molar-refractivity contribution in [2.45, 2.75) is 18.7 Å². The molecule has 1 heterocycles. The number of non-ortho nitro benzene ring substituents is 1. The van der Waals surface area contributed by atoms with E-state index in [1.807, 2.05) is 0 Å². The van der Waals surface area contributed by atoms with Crippen molar-refractivity contribution in [2.24, 2.45) is 0 Å². The summed E-state index contributed by atoms with van der Waals surface area (Å²) in [5.74, 6) is 0.811. The lowest BCUT2D eigenvalue weighted by molar-refractivity contribution is -0.384. The molecule has 0 unspecified atom stereocenters. The highest BCUT2D eigenvalue weighted by molar-refractivity contribution is 7.92. The molecule has 1 N–H and O–H groups in total. The number of rotatable bonds is 6. The normalized spacial score (nSPS) is 11.2. The predicted molar refractivity (Wildman–Crippen MR) is 103 cm³/mol. The van der Waals surface area contributed by atoms with Crippen molar-refractivity contribution in [3.8, 4) is 11.4 Å². The Balaban J connectivity index is 1.96. The van der Waals surface area contributed by atoms with Gasteiger partial charge in [-0.3, -0.25) is 14.8 Å². The van der Waals surface area contributed by atoms with Crippen molar-refractivity contribution in [2.75, 3.05) is 11.8 Å². The molecule has 0 fully saturated rings. The maximum Gasteiger partial charge on any atom is 0.269 e. The number of hydrogen-bond donors (Lipinski definition) is 1. The second kappa shape index (κ2) is 7.31. The molecule has 0 spiro atoms. The zero-order valence-electron chi connectivity index (χ0n) is 15.4. The van der Waals surface area contributed by atoms with Gasteiger partial charge in [-0.1, -0.05) is 0 Å². The van der Waals surface area contributed by atoms with Crippen LogP contribution >= 0.6 is 0 Å². The van der Waals surface area contributed by atoms with E-state index in [1.54, 1.807) is 26.0 Å². The Morgan fingerprint density at radius 1 is 1.11 bits per heavy atom. The quantitative estimate of drug-likeness (QED) is 0.500. The molecule has 3 aromatic rings. The summed E-state index contributed by atoms with van der Waals surface area (Å²) in [4.78, 5) is 10.4. The van der Waals surface area contributed by atoms with Crippen LogP contribution in [0.15, 0.2) is 53.4 Å². The molecule has 28 heavy (non-hydrogen) atoms. The maximum absolute atomic E-state index is 12.8. The summed E-state index contributed by atoms with van der Waals surface area (Å²) in [6.45, 7) is 3.47. The summed E-state index contributed by atoms with van der Waals surface area (Å²) in [7, 11) is -2.36. The van der Waals surface area contributed by atoms with Gasteiger partial charge in [0.15, 0.2) is 0 Å². The lowest BCUT2D eigenvalue weighted by Crippen LogP contribution is -2.16. The Morgan fingerprint density at radius 2 is 1.79 bits per heavy atom. The molecule has 0 saturated carbocycles. The van der Waals surface area contributed by atoms with Crippen molar-refractivity contribution >= 4 is 21.5 Å². The molecule has 0 bridgehead atoms. The summed E-state index contributed by atoms with van der Waals surface area (Å²) < 4.78 is 34.7. The first kappa shape index (κ1) is 19.4. The highest BCUT2D eigenvalue weighted by atomic mass is 32.2. The minimum atomic E-state index is -3.87. The number of nitrogens with one attached hydrogen (secondary N) is 1. The Bertz CT molecular complexity index is 1140. The average molecular weight is 402 g/mol. The molecule has 146 valence electrons. The number of nitro benzene ring substituents is 1. The predicted octanol–water partition coefficient (Wildman–Crippen LogP) is 3.21. The Hall–Kier alpha value is -3.40. The van der Waals surface area contributed by atoms with E-state index in [4.69, 9.17) is 4.74 Å². The smallest absolute Gasteiger partial charge is 0.269 e. The van der Waals surface area contributed by atoms with Crippen molar-refractivity contribution < 1.29 is 18.1 Å². The van der Waals surface area contributed by atoms with Gasteiger partial charge < -0.3 is 4.74 Å². The molecule has 0 saturated heterocycles. The van der Waals surface area contributed by atoms with Crippen LogP contribution in [0.25, 0.3) is 5.69 Å². The van der Waals surface area contributed by atoms with Gasteiger partial charge in [-0.15, -0.1) is 0 Å². The first-order valence-electron chi connectivity index (χ1n) is 8.20. The first-order chi connectivity index (χ1) is 13.2.